The fraction of sp³-hybridized carbons (Fsp3) is 0.576. The smallest absolute Gasteiger partial charge is 0.258 e. The quantitative estimate of drug-likeness (QED) is 0.443. The lowest BCUT2D eigenvalue weighted by Crippen LogP contribution is -2.47. The number of nitrogens with one attached hydrogen (secondary N) is 1. The highest BCUT2D eigenvalue weighted by Crippen LogP contribution is 2.28. The molecule has 0 saturated heterocycles. The normalized spacial score (nSPS) is 21.5. The molecule has 3 rings (SSSR count). The Balaban J connectivity index is 1.92. The number of benzene rings is 2. The van der Waals surface area contributed by atoms with E-state index in [0.717, 1.165) is 44.3 Å². The first-order chi connectivity index (χ1) is 19.7. The molecule has 0 saturated carbocycles. The number of anilines is 1. The fourth-order valence-electron chi connectivity index (χ4n) is 5.23. The maximum Gasteiger partial charge on any atom is 0.258 e. The molecule has 0 spiro atoms. The maximum atomic E-state index is 14.2. The highest BCUT2D eigenvalue weighted by molar-refractivity contribution is 6.00. The molecule has 0 fully saturated rings. The van der Waals surface area contributed by atoms with Crippen LogP contribution in [0.1, 0.15) is 69.3 Å². The van der Waals surface area contributed by atoms with Crippen LogP contribution in [0.4, 0.5) is 5.69 Å². The second kappa shape index (κ2) is 16.5. The Bertz CT molecular complexity index is 1100. The van der Waals surface area contributed by atoms with Crippen molar-refractivity contribution in [2.24, 2.45) is 5.92 Å². The van der Waals surface area contributed by atoms with Crippen molar-refractivity contribution in [1.82, 2.24) is 9.80 Å². The first kappa shape index (κ1) is 32.6. The van der Waals surface area contributed by atoms with Gasteiger partial charge in [-0.1, -0.05) is 44.2 Å². The third kappa shape index (κ3) is 10.1. The molecule has 8 heteroatoms. The van der Waals surface area contributed by atoms with Crippen molar-refractivity contribution in [2.45, 2.75) is 78.0 Å². The predicted octanol–water partition coefficient (Wildman–Crippen LogP) is 5.01. The molecule has 0 bridgehead atoms. The van der Waals surface area contributed by atoms with Crippen LogP contribution >= 0.6 is 0 Å². The van der Waals surface area contributed by atoms with Crippen LogP contribution in [0.5, 0.6) is 5.75 Å². The molecule has 1 heterocycles. The minimum atomic E-state index is -0.409. The summed E-state index contributed by atoms with van der Waals surface area (Å²) in [5.74, 6) is 0.118. The highest BCUT2D eigenvalue weighted by atomic mass is 16.5. The van der Waals surface area contributed by atoms with Crippen molar-refractivity contribution < 1.29 is 24.2 Å². The minimum absolute atomic E-state index is 0.0345. The summed E-state index contributed by atoms with van der Waals surface area (Å²) >= 11 is 0. The standard InChI is InChI=1S/C33H49N3O5/c1-6-17-35(5)22-31-24(2)21-36(25(3)23-37)33(39)29-20-28(34-32(38)19-27-13-8-7-9-14-27)15-16-30(29)41-26(4)12-10-11-18-40-31/h7-9,13-16,20,24-26,31,37H,6,10-12,17-19,21-23H2,1-5H3,(H,34,38)/t24-,25+,26+,31-/m0/s1. The van der Waals surface area contributed by atoms with E-state index in [-0.39, 0.29) is 43.0 Å². The number of amides is 2. The molecule has 226 valence electrons. The minimum Gasteiger partial charge on any atom is -0.490 e. The van der Waals surface area contributed by atoms with Crippen LogP contribution in [-0.2, 0) is 16.0 Å². The number of rotatable bonds is 9. The van der Waals surface area contributed by atoms with Crippen LogP contribution in [0.2, 0.25) is 0 Å². The average Bonchev–Trinajstić information content (AvgIpc) is 2.95. The maximum absolute atomic E-state index is 14.2. The van der Waals surface area contributed by atoms with Gasteiger partial charge in [-0.25, -0.2) is 0 Å². The number of nitrogens with zero attached hydrogens (tertiary/aromatic N) is 2. The molecule has 1 aliphatic rings. The summed E-state index contributed by atoms with van der Waals surface area (Å²) in [6.45, 7) is 10.8. The molecular weight excluding hydrogens is 518 g/mol. The second-order valence-electron chi connectivity index (χ2n) is 11.5. The number of hydrogen-bond acceptors (Lipinski definition) is 6. The van der Waals surface area contributed by atoms with Crippen molar-refractivity contribution in [3.63, 3.8) is 0 Å². The zero-order valence-corrected chi connectivity index (χ0v) is 25.5. The molecule has 0 radical (unpaired) electrons. The van der Waals surface area contributed by atoms with E-state index < -0.39 is 6.04 Å². The monoisotopic (exact) mass is 567 g/mol. The zero-order valence-electron chi connectivity index (χ0n) is 25.5. The molecule has 41 heavy (non-hydrogen) atoms. The molecule has 8 nitrogen and oxygen atoms in total. The van der Waals surface area contributed by atoms with Crippen molar-refractivity contribution in [3.05, 3.63) is 59.7 Å². The van der Waals surface area contributed by atoms with E-state index in [1.54, 1.807) is 23.1 Å². The van der Waals surface area contributed by atoms with Gasteiger partial charge in [0.1, 0.15) is 5.75 Å². The van der Waals surface area contributed by atoms with Crippen LogP contribution < -0.4 is 10.1 Å². The fourth-order valence-corrected chi connectivity index (χ4v) is 5.23. The van der Waals surface area contributed by atoms with Gasteiger partial charge in [-0.15, -0.1) is 0 Å². The van der Waals surface area contributed by atoms with E-state index in [2.05, 4.69) is 31.1 Å². The highest BCUT2D eigenvalue weighted by Gasteiger charge is 2.30. The number of aliphatic hydroxyl groups excluding tert-OH is 1. The summed E-state index contributed by atoms with van der Waals surface area (Å²) in [4.78, 5) is 31.0. The van der Waals surface area contributed by atoms with Crippen LogP contribution in [0, 0.1) is 5.92 Å². The first-order valence-corrected chi connectivity index (χ1v) is 15.1. The van der Waals surface area contributed by atoms with E-state index in [1.807, 2.05) is 44.2 Å². The van der Waals surface area contributed by atoms with Crippen molar-refractivity contribution in [2.75, 3.05) is 45.2 Å². The van der Waals surface area contributed by atoms with Gasteiger partial charge < -0.3 is 29.7 Å². The number of likely N-dealkylation sites (N-methyl/N-ethyl adjacent to an activating group) is 1. The van der Waals surface area contributed by atoms with Gasteiger partial charge in [0.05, 0.1) is 36.8 Å². The topological polar surface area (TPSA) is 91.3 Å². The van der Waals surface area contributed by atoms with E-state index >= 15 is 0 Å². The van der Waals surface area contributed by atoms with Gasteiger partial charge in [-0.3, -0.25) is 9.59 Å². The predicted molar refractivity (Wildman–Crippen MR) is 163 cm³/mol. The van der Waals surface area contributed by atoms with Crippen molar-refractivity contribution in [1.29, 1.82) is 0 Å². The molecule has 2 N–H and O–H groups in total. The molecule has 2 amide bonds. The van der Waals surface area contributed by atoms with Gasteiger partial charge in [0.2, 0.25) is 5.91 Å². The third-order valence-corrected chi connectivity index (χ3v) is 7.64. The van der Waals surface area contributed by atoms with Crippen LogP contribution in [0.15, 0.2) is 48.5 Å². The molecule has 0 aromatic heterocycles. The summed E-state index contributed by atoms with van der Waals surface area (Å²) in [5.41, 5.74) is 1.82. The lowest BCUT2D eigenvalue weighted by Gasteiger charge is -2.35. The van der Waals surface area contributed by atoms with Gasteiger partial charge in [-0.05, 0) is 76.9 Å². The summed E-state index contributed by atoms with van der Waals surface area (Å²) in [5, 5.41) is 13.1. The molecular formula is C33H49N3O5. The van der Waals surface area contributed by atoms with E-state index in [9.17, 15) is 14.7 Å². The third-order valence-electron chi connectivity index (χ3n) is 7.64. The lowest BCUT2D eigenvalue weighted by molar-refractivity contribution is -0.115. The molecule has 0 aliphatic carbocycles. The molecule has 1 aliphatic heterocycles. The SMILES string of the molecule is CCCN(C)C[C@@H]1OCCCC[C@@H](C)Oc2ccc(NC(=O)Cc3ccccc3)cc2C(=O)N([C@H](C)CO)C[C@@H]1C. The summed E-state index contributed by atoms with van der Waals surface area (Å²) in [6, 6.07) is 14.4. The van der Waals surface area contributed by atoms with Gasteiger partial charge in [0, 0.05) is 31.3 Å². The lowest BCUT2D eigenvalue weighted by atomic mass is 10.0. The molecule has 0 unspecified atom stereocenters. The number of aliphatic hydroxyl groups is 1. The Labute approximate surface area is 246 Å². The summed E-state index contributed by atoms with van der Waals surface area (Å²) in [6.07, 6.45) is 3.87. The number of fused-ring (bicyclic) bond motifs is 1. The van der Waals surface area contributed by atoms with Crippen LogP contribution in [0.25, 0.3) is 0 Å². The molecule has 4 atom stereocenters. The number of carbonyl (C=O) groups excluding carboxylic acids is 2. The van der Waals surface area contributed by atoms with Crippen LogP contribution in [0.3, 0.4) is 0 Å². The van der Waals surface area contributed by atoms with E-state index in [4.69, 9.17) is 9.47 Å². The molecule has 2 aromatic rings. The number of hydrogen-bond donors (Lipinski definition) is 2. The number of carbonyl (C=O) groups is 2. The Hall–Kier alpha value is -2.94. The largest absolute Gasteiger partial charge is 0.490 e. The Morgan fingerprint density at radius 3 is 2.63 bits per heavy atom. The van der Waals surface area contributed by atoms with Crippen molar-refractivity contribution in [3.8, 4) is 5.75 Å². The van der Waals surface area contributed by atoms with Gasteiger partial charge in [-0.2, -0.15) is 0 Å². The number of ether oxygens (including phenoxy) is 2. The van der Waals surface area contributed by atoms with Crippen LogP contribution in [-0.4, -0.2) is 84.9 Å². The van der Waals surface area contributed by atoms with E-state index in [1.165, 1.54) is 0 Å². The van der Waals surface area contributed by atoms with Crippen molar-refractivity contribution >= 4 is 17.5 Å². The van der Waals surface area contributed by atoms with Gasteiger partial charge in [0.25, 0.3) is 5.91 Å². The Morgan fingerprint density at radius 2 is 1.93 bits per heavy atom. The van der Waals surface area contributed by atoms with Gasteiger partial charge >= 0.3 is 0 Å². The Kier molecular flexibility index (Phi) is 13.1. The zero-order chi connectivity index (χ0) is 29.8. The average molecular weight is 568 g/mol. The molecule has 2 aromatic carbocycles. The first-order valence-electron chi connectivity index (χ1n) is 15.1. The Morgan fingerprint density at radius 1 is 1.17 bits per heavy atom. The summed E-state index contributed by atoms with van der Waals surface area (Å²) < 4.78 is 12.7. The summed E-state index contributed by atoms with van der Waals surface area (Å²) in [7, 11) is 2.10. The van der Waals surface area contributed by atoms with E-state index in [0.29, 0.717) is 30.2 Å². The van der Waals surface area contributed by atoms with Gasteiger partial charge in [0.15, 0.2) is 0 Å². The second-order valence-corrected chi connectivity index (χ2v) is 11.5.